The van der Waals surface area contributed by atoms with Crippen LogP contribution in [0.4, 0.5) is 0 Å². The Hall–Kier alpha value is -0.620. The first-order chi connectivity index (χ1) is 7.05. The first kappa shape index (κ1) is 10.9. The molecule has 15 heavy (non-hydrogen) atoms. The van der Waals surface area contributed by atoms with Crippen LogP contribution < -0.4 is 5.32 Å². The van der Waals surface area contributed by atoms with Crippen LogP contribution in [0, 0.1) is 4.78 Å². The van der Waals surface area contributed by atoms with Crippen molar-refractivity contribution in [1.29, 1.82) is 4.78 Å². The molecule has 86 valence electrons. The molecule has 3 atom stereocenters. The van der Waals surface area contributed by atoms with E-state index >= 15 is 0 Å². The van der Waals surface area contributed by atoms with E-state index in [1.807, 2.05) is 0 Å². The molecule has 0 radical (unpaired) electrons. The van der Waals surface area contributed by atoms with E-state index in [2.05, 4.69) is 10.1 Å². The third kappa shape index (κ3) is 2.01. The molecule has 1 saturated heterocycles. The number of carbonyl (C=O) groups excluding carboxylic acids is 1. The molecular formula is C9H16N2O3S. The van der Waals surface area contributed by atoms with Crippen molar-refractivity contribution in [3.63, 3.8) is 0 Å². The Morgan fingerprint density at radius 2 is 2.13 bits per heavy atom. The van der Waals surface area contributed by atoms with Crippen LogP contribution in [-0.4, -0.2) is 40.4 Å². The summed E-state index contributed by atoms with van der Waals surface area (Å²) in [5.74, 6) is -0.316. The molecule has 0 spiro atoms. The number of rotatable bonds is 3. The van der Waals surface area contributed by atoms with Gasteiger partial charge < -0.3 is 10.1 Å². The van der Waals surface area contributed by atoms with Crippen molar-refractivity contribution in [3.8, 4) is 0 Å². The summed E-state index contributed by atoms with van der Waals surface area (Å²) in [6, 6.07) is -0.370. The summed E-state index contributed by atoms with van der Waals surface area (Å²) in [6.45, 7) is 0.499. The molecule has 1 saturated carbocycles. The minimum Gasteiger partial charge on any atom is -0.468 e. The zero-order chi connectivity index (χ0) is 11.1. The van der Waals surface area contributed by atoms with Gasteiger partial charge in [0, 0.05) is 11.8 Å². The highest BCUT2D eigenvalue weighted by molar-refractivity contribution is 7.94. The number of nitrogens with one attached hydrogen (secondary N) is 2. The molecule has 0 aromatic carbocycles. The van der Waals surface area contributed by atoms with Gasteiger partial charge in [0.2, 0.25) is 0 Å². The van der Waals surface area contributed by atoms with Gasteiger partial charge in [-0.25, -0.2) is 4.21 Å². The Morgan fingerprint density at radius 1 is 1.47 bits per heavy atom. The SMILES string of the molecule is COC(=O)C1CC(S(=N)(=O)C2CC2)CN1. The van der Waals surface area contributed by atoms with Crippen molar-refractivity contribution in [2.75, 3.05) is 13.7 Å². The lowest BCUT2D eigenvalue weighted by molar-refractivity contribution is -0.142. The number of carbonyl (C=O) groups is 1. The molecule has 0 aromatic rings. The molecule has 0 aromatic heterocycles. The zero-order valence-corrected chi connectivity index (χ0v) is 9.51. The van der Waals surface area contributed by atoms with E-state index in [0.717, 1.165) is 12.8 Å². The quantitative estimate of drug-likeness (QED) is 0.676. The lowest BCUT2D eigenvalue weighted by atomic mass is 10.2. The van der Waals surface area contributed by atoms with Crippen LogP contribution in [0.3, 0.4) is 0 Å². The van der Waals surface area contributed by atoms with Crippen LogP contribution in [0.1, 0.15) is 19.3 Å². The predicted octanol–water partition coefficient (Wildman–Crippen LogP) is 0.0991. The normalized spacial score (nSPS) is 34.7. The van der Waals surface area contributed by atoms with Crippen LogP contribution in [0.2, 0.25) is 0 Å². The Morgan fingerprint density at radius 3 is 2.67 bits per heavy atom. The molecule has 1 aliphatic heterocycles. The summed E-state index contributed by atoms with van der Waals surface area (Å²) in [5, 5.41) is 2.86. The fraction of sp³-hybridized carbons (Fsp3) is 0.889. The lowest BCUT2D eigenvalue weighted by Crippen LogP contribution is -2.31. The molecule has 2 fully saturated rings. The molecular weight excluding hydrogens is 216 g/mol. The van der Waals surface area contributed by atoms with Gasteiger partial charge in [-0.3, -0.25) is 9.57 Å². The minimum absolute atomic E-state index is 0.0701. The summed E-state index contributed by atoms with van der Waals surface area (Å²) < 4.78 is 24.6. The average Bonchev–Trinajstić information content (AvgIpc) is 2.95. The first-order valence-electron chi connectivity index (χ1n) is 5.13. The average molecular weight is 232 g/mol. The predicted molar refractivity (Wildman–Crippen MR) is 56.1 cm³/mol. The summed E-state index contributed by atoms with van der Waals surface area (Å²) in [4.78, 5) is 11.2. The van der Waals surface area contributed by atoms with Gasteiger partial charge >= 0.3 is 5.97 Å². The summed E-state index contributed by atoms with van der Waals surface area (Å²) in [7, 11) is -1.17. The summed E-state index contributed by atoms with van der Waals surface area (Å²) in [5.41, 5.74) is 0. The van der Waals surface area contributed by atoms with E-state index in [1.54, 1.807) is 0 Å². The smallest absolute Gasteiger partial charge is 0.322 e. The number of esters is 1. The third-order valence-electron chi connectivity index (χ3n) is 3.09. The fourth-order valence-corrected chi connectivity index (χ4v) is 4.19. The van der Waals surface area contributed by atoms with Crippen LogP contribution in [0.5, 0.6) is 0 Å². The van der Waals surface area contributed by atoms with E-state index in [-0.39, 0.29) is 22.5 Å². The van der Waals surface area contributed by atoms with E-state index in [1.165, 1.54) is 7.11 Å². The maximum absolute atomic E-state index is 12.1. The zero-order valence-electron chi connectivity index (χ0n) is 8.69. The standard InChI is InChI=1S/C9H16N2O3S/c1-14-9(12)8-4-7(5-11-8)15(10,13)6-2-3-6/h6-8,10-11H,2-5H2,1H3. The highest BCUT2D eigenvalue weighted by Crippen LogP contribution is 2.34. The van der Waals surface area contributed by atoms with Crippen molar-refractivity contribution in [1.82, 2.24) is 5.32 Å². The molecule has 1 aliphatic carbocycles. The monoisotopic (exact) mass is 232 g/mol. The van der Waals surface area contributed by atoms with Crippen LogP contribution in [0.15, 0.2) is 0 Å². The van der Waals surface area contributed by atoms with E-state index in [0.29, 0.717) is 13.0 Å². The minimum atomic E-state index is -2.51. The second-order valence-corrected chi connectivity index (χ2v) is 6.82. The third-order valence-corrected chi connectivity index (χ3v) is 5.90. The van der Waals surface area contributed by atoms with Crippen molar-refractivity contribution < 1.29 is 13.7 Å². The van der Waals surface area contributed by atoms with Crippen molar-refractivity contribution >= 4 is 15.7 Å². The van der Waals surface area contributed by atoms with Gasteiger partial charge in [-0.2, -0.15) is 0 Å². The topological polar surface area (TPSA) is 79.2 Å². The van der Waals surface area contributed by atoms with Crippen LogP contribution >= 0.6 is 0 Å². The number of methoxy groups -OCH3 is 1. The molecule has 0 bridgehead atoms. The molecule has 5 nitrogen and oxygen atoms in total. The summed E-state index contributed by atoms with van der Waals surface area (Å²) in [6.07, 6.45) is 2.29. The largest absolute Gasteiger partial charge is 0.468 e. The molecule has 2 aliphatic rings. The van der Waals surface area contributed by atoms with Crippen molar-refractivity contribution in [2.24, 2.45) is 0 Å². The summed E-state index contributed by atoms with van der Waals surface area (Å²) >= 11 is 0. The molecule has 1 heterocycles. The number of ether oxygens (including phenoxy) is 1. The van der Waals surface area contributed by atoms with E-state index < -0.39 is 9.73 Å². The van der Waals surface area contributed by atoms with Gasteiger partial charge in [-0.05, 0) is 19.3 Å². The molecule has 2 rings (SSSR count). The van der Waals surface area contributed by atoms with Gasteiger partial charge in [0.1, 0.15) is 6.04 Å². The molecule has 6 heteroatoms. The van der Waals surface area contributed by atoms with E-state index in [4.69, 9.17) is 4.78 Å². The van der Waals surface area contributed by atoms with Gasteiger partial charge in [0.25, 0.3) is 0 Å². The second-order valence-electron chi connectivity index (χ2n) is 4.19. The first-order valence-corrected chi connectivity index (χ1v) is 6.82. The van der Waals surface area contributed by atoms with Gasteiger partial charge in [-0.1, -0.05) is 0 Å². The molecule has 0 amide bonds. The van der Waals surface area contributed by atoms with Crippen LogP contribution in [0.25, 0.3) is 0 Å². The number of hydrogen-bond donors (Lipinski definition) is 2. The Bertz CT molecular complexity index is 362. The van der Waals surface area contributed by atoms with E-state index in [9.17, 15) is 9.00 Å². The molecule has 3 unspecified atom stereocenters. The molecule has 2 N–H and O–H groups in total. The number of hydrogen-bond acceptors (Lipinski definition) is 5. The van der Waals surface area contributed by atoms with Crippen molar-refractivity contribution in [2.45, 2.75) is 35.8 Å². The van der Waals surface area contributed by atoms with Gasteiger partial charge in [0.15, 0.2) is 0 Å². The Balaban J connectivity index is 2.00. The second kappa shape index (κ2) is 3.75. The highest BCUT2D eigenvalue weighted by atomic mass is 32.2. The van der Waals surface area contributed by atoms with Crippen LogP contribution in [-0.2, 0) is 19.3 Å². The Labute approximate surface area is 89.5 Å². The lowest BCUT2D eigenvalue weighted by Gasteiger charge is -2.12. The maximum atomic E-state index is 12.1. The fourth-order valence-electron chi connectivity index (χ4n) is 1.98. The Kier molecular flexibility index (Phi) is 2.72. The van der Waals surface area contributed by atoms with Gasteiger partial charge in [-0.15, -0.1) is 0 Å². The highest BCUT2D eigenvalue weighted by Gasteiger charge is 2.42. The maximum Gasteiger partial charge on any atom is 0.322 e. The van der Waals surface area contributed by atoms with Gasteiger partial charge in [0.05, 0.1) is 22.1 Å². The van der Waals surface area contributed by atoms with Crippen molar-refractivity contribution in [3.05, 3.63) is 0 Å².